The van der Waals surface area contributed by atoms with Crippen molar-refractivity contribution in [2.75, 3.05) is 17.1 Å². The molecule has 29 heavy (non-hydrogen) atoms. The van der Waals surface area contributed by atoms with Crippen molar-refractivity contribution < 1.29 is 13.2 Å². The van der Waals surface area contributed by atoms with Gasteiger partial charge in [-0.25, -0.2) is 8.42 Å². The van der Waals surface area contributed by atoms with Crippen molar-refractivity contribution >= 4 is 33.2 Å². The van der Waals surface area contributed by atoms with Gasteiger partial charge in [0, 0.05) is 0 Å². The highest BCUT2D eigenvalue weighted by Gasteiger charge is 2.24. The van der Waals surface area contributed by atoms with Gasteiger partial charge in [-0.1, -0.05) is 48.9 Å². The van der Waals surface area contributed by atoms with E-state index in [0.29, 0.717) is 5.69 Å². The number of fused-ring (bicyclic) bond motifs is 1. The SMILES string of the molecule is CC[C@H](NC(=O)CN(c1ccccc1Cl)S(C)(=O)=O)c1ccc2c(c1)CCCC2. The zero-order valence-electron chi connectivity index (χ0n) is 16.8. The number of benzene rings is 2. The van der Waals surface area contributed by atoms with E-state index < -0.39 is 10.0 Å². The molecule has 0 spiro atoms. The molecule has 1 N–H and O–H groups in total. The lowest BCUT2D eigenvalue weighted by atomic mass is 9.89. The first-order chi connectivity index (χ1) is 13.8. The average Bonchev–Trinajstić information content (AvgIpc) is 2.70. The quantitative estimate of drug-likeness (QED) is 0.708. The van der Waals surface area contributed by atoms with Crippen LogP contribution in [0.25, 0.3) is 0 Å². The minimum Gasteiger partial charge on any atom is -0.348 e. The van der Waals surface area contributed by atoms with Crippen LogP contribution in [0.15, 0.2) is 42.5 Å². The number of sulfonamides is 1. The topological polar surface area (TPSA) is 66.5 Å². The molecule has 0 heterocycles. The Hall–Kier alpha value is -2.05. The molecule has 156 valence electrons. The number of halogens is 1. The van der Waals surface area contributed by atoms with E-state index in [9.17, 15) is 13.2 Å². The Bertz CT molecular complexity index is 991. The summed E-state index contributed by atoms with van der Waals surface area (Å²) in [6, 6.07) is 12.9. The number of carbonyl (C=O) groups excluding carboxylic acids is 1. The van der Waals surface area contributed by atoms with E-state index in [1.165, 1.54) is 24.0 Å². The molecule has 0 saturated heterocycles. The number of rotatable bonds is 7. The molecular weight excluding hydrogens is 408 g/mol. The second-order valence-corrected chi connectivity index (χ2v) is 9.80. The van der Waals surface area contributed by atoms with Crippen molar-refractivity contribution in [1.29, 1.82) is 0 Å². The van der Waals surface area contributed by atoms with Gasteiger partial charge in [-0.15, -0.1) is 0 Å². The van der Waals surface area contributed by atoms with Gasteiger partial charge in [0.25, 0.3) is 0 Å². The molecule has 1 aliphatic rings. The van der Waals surface area contributed by atoms with Crippen LogP contribution in [0.1, 0.15) is 48.9 Å². The number of para-hydroxylation sites is 1. The lowest BCUT2D eigenvalue weighted by molar-refractivity contribution is -0.120. The summed E-state index contributed by atoms with van der Waals surface area (Å²) in [4.78, 5) is 12.8. The lowest BCUT2D eigenvalue weighted by Gasteiger charge is -2.25. The first-order valence-corrected chi connectivity index (χ1v) is 12.2. The normalized spacial score (nSPS) is 14.7. The molecule has 7 heteroatoms. The van der Waals surface area contributed by atoms with Gasteiger partial charge in [-0.2, -0.15) is 0 Å². The second kappa shape index (κ2) is 9.18. The lowest BCUT2D eigenvalue weighted by Crippen LogP contribution is -2.41. The Morgan fingerprint density at radius 3 is 2.48 bits per heavy atom. The van der Waals surface area contributed by atoms with Crippen molar-refractivity contribution in [3.05, 3.63) is 64.2 Å². The highest BCUT2D eigenvalue weighted by atomic mass is 35.5. The Balaban J connectivity index is 1.77. The standard InChI is InChI=1S/C22H27ClN2O3S/c1-3-20(18-13-12-16-8-4-5-9-17(16)14-18)24-22(26)15-25(29(2,27)28)21-11-7-6-10-19(21)23/h6-7,10-14,20H,3-5,8-9,15H2,1-2H3,(H,24,26)/t20-/m0/s1. The fourth-order valence-electron chi connectivity index (χ4n) is 3.80. The Kier molecular flexibility index (Phi) is 6.85. The van der Waals surface area contributed by atoms with Crippen molar-refractivity contribution in [2.45, 2.75) is 45.1 Å². The molecule has 1 atom stereocenters. The van der Waals surface area contributed by atoms with Gasteiger partial charge < -0.3 is 5.32 Å². The molecule has 0 bridgehead atoms. The van der Waals surface area contributed by atoms with E-state index in [0.717, 1.165) is 35.4 Å². The van der Waals surface area contributed by atoms with E-state index in [1.807, 2.05) is 6.92 Å². The zero-order valence-corrected chi connectivity index (χ0v) is 18.4. The van der Waals surface area contributed by atoms with Gasteiger partial charge in [0.15, 0.2) is 0 Å². The smallest absolute Gasteiger partial charge is 0.241 e. The van der Waals surface area contributed by atoms with Gasteiger partial charge in [-0.05, 0) is 60.9 Å². The minimum atomic E-state index is -3.67. The van der Waals surface area contributed by atoms with Crippen molar-refractivity contribution in [3.8, 4) is 0 Å². The summed E-state index contributed by atoms with van der Waals surface area (Å²) in [5, 5.41) is 3.28. The average molecular weight is 435 g/mol. The first-order valence-electron chi connectivity index (χ1n) is 9.93. The summed E-state index contributed by atoms with van der Waals surface area (Å²) in [5.74, 6) is -0.361. The first kappa shape index (κ1) is 21.7. The fraction of sp³-hybridized carbons (Fsp3) is 0.409. The number of aryl methyl sites for hydroxylation is 2. The number of nitrogens with zero attached hydrogens (tertiary/aromatic N) is 1. The van der Waals surface area contributed by atoms with E-state index in [2.05, 4.69) is 23.5 Å². The largest absolute Gasteiger partial charge is 0.348 e. The third-order valence-electron chi connectivity index (χ3n) is 5.33. The molecule has 2 aromatic carbocycles. The number of amides is 1. The van der Waals surface area contributed by atoms with E-state index in [4.69, 9.17) is 11.6 Å². The van der Waals surface area contributed by atoms with Crippen molar-refractivity contribution in [3.63, 3.8) is 0 Å². The van der Waals surface area contributed by atoms with Gasteiger partial charge in [0.05, 0.1) is 23.0 Å². The van der Waals surface area contributed by atoms with Crippen LogP contribution < -0.4 is 9.62 Å². The number of nitrogens with one attached hydrogen (secondary N) is 1. The Labute approximate surface area is 178 Å². The highest BCUT2D eigenvalue weighted by molar-refractivity contribution is 7.92. The monoisotopic (exact) mass is 434 g/mol. The summed E-state index contributed by atoms with van der Waals surface area (Å²) in [5.41, 5.74) is 4.11. The predicted octanol–water partition coefficient (Wildman–Crippen LogP) is 4.25. The maximum absolute atomic E-state index is 12.8. The molecule has 0 unspecified atom stereocenters. The van der Waals surface area contributed by atoms with Crippen LogP contribution in [0.5, 0.6) is 0 Å². The second-order valence-electron chi connectivity index (χ2n) is 7.48. The van der Waals surface area contributed by atoms with E-state index in [1.54, 1.807) is 24.3 Å². The molecule has 1 amide bonds. The van der Waals surface area contributed by atoms with Crippen LogP contribution in [-0.2, 0) is 27.7 Å². The van der Waals surface area contributed by atoms with Crippen LogP contribution in [0, 0.1) is 0 Å². The molecule has 0 radical (unpaired) electrons. The van der Waals surface area contributed by atoms with E-state index >= 15 is 0 Å². The summed E-state index contributed by atoms with van der Waals surface area (Å²) in [7, 11) is -3.67. The Morgan fingerprint density at radius 2 is 1.83 bits per heavy atom. The molecule has 0 aromatic heterocycles. The maximum atomic E-state index is 12.8. The fourth-order valence-corrected chi connectivity index (χ4v) is 4.95. The number of hydrogen-bond donors (Lipinski definition) is 1. The summed E-state index contributed by atoms with van der Waals surface area (Å²) < 4.78 is 25.6. The van der Waals surface area contributed by atoms with Crippen molar-refractivity contribution in [1.82, 2.24) is 5.32 Å². The van der Waals surface area contributed by atoms with Crippen LogP contribution in [0.3, 0.4) is 0 Å². The summed E-state index contributed by atoms with van der Waals surface area (Å²) in [6.45, 7) is 1.69. The van der Waals surface area contributed by atoms with Crippen molar-refractivity contribution in [2.24, 2.45) is 0 Å². The maximum Gasteiger partial charge on any atom is 0.241 e. The van der Waals surface area contributed by atoms with Crippen LogP contribution in [-0.4, -0.2) is 27.1 Å². The summed E-state index contributed by atoms with van der Waals surface area (Å²) in [6.07, 6.45) is 6.39. The van der Waals surface area contributed by atoms with Gasteiger partial charge in [0.1, 0.15) is 6.54 Å². The number of anilines is 1. The van der Waals surface area contributed by atoms with Gasteiger partial charge >= 0.3 is 0 Å². The molecule has 5 nitrogen and oxygen atoms in total. The molecule has 3 rings (SSSR count). The molecule has 2 aromatic rings. The third-order valence-corrected chi connectivity index (χ3v) is 6.77. The van der Waals surface area contributed by atoms with E-state index in [-0.39, 0.29) is 23.5 Å². The van der Waals surface area contributed by atoms with Crippen LogP contribution in [0.4, 0.5) is 5.69 Å². The number of carbonyl (C=O) groups is 1. The Morgan fingerprint density at radius 1 is 1.14 bits per heavy atom. The molecule has 0 saturated carbocycles. The highest BCUT2D eigenvalue weighted by Crippen LogP contribution is 2.28. The van der Waals surface area contributed by atoms with Crippen LogP contribution in [0.2, 0.25) is 5.02 Å². The predicted molar refractivity (Wildman–Crippen MR) is 118 cm³/mol. The minimum absolute atomic E-state index is 0.164. The molecule has 0 fully saturated rings. The van der Waals surface area contributed by atoms with Crippen LogP contribution >= 0.6 is 11.6 Å². The van der Waals surface area contributed by atoms with Gasteiger partial charge in [0.2, 0.25) is 15.9 Å². The molecule has 1 aliphatic carbocycles. The molecule has 0 aliphatic heterocycles. The summed E-state index contributed by atoms with van der Waals surface area (Å²) >= 11 is 6.17. The number of hydrogen-bond acceptors (Lipinski definition) is 3. The van der Waals surface area contributed by atoms with Gasteiger partial charge in [-0.3, -0.25) is 9.10 Å². The molecular formula is C22H27ClN2O3S. The zero-order chi connectivity index (χ0) is 21.0. The third kappa shape index (κ3) is 5.31.